The molecule has 1 heterocycles. The van der Waals surface area contributed by atoms with Crippen LogP contribution in [0.5, 0.6) is 0 Å². The summed E-state index contributed by atoms with van der Waals surface area (Å²) in [6.07, 6.45) is 14.4. The Morgan fingerprint density at radius 1 is 1.32 bits per heavy atom. The number of fused-ring (bicyclic) bond motifs is 1. The summed E-state index contributed by atoms with van der Waals surface area (Å²) >= 11 is 0. The molecule has 5 nitrogen and oxygen atoms in total. The molecule has 0 bridgehead atoms. The third-order valence-electron chi connectivity index (χ3n) is 7.45. The van der Waals surface area contributed by atoms with Crippen LogP contribution < -0.4 is 0 Å². The molecule has 3 aliphatic rings. The van der Waals surface area contributed by atoms with Gasteiger partial charge in [0.05, 0.1) is 25.4 Å². The third-order valence-corrected chi connectivity index (χ3v) is 7.45. The molecule has 6 atom stereocenters. The van der Waals surface area contributed by atoms with E-state index in [2.05, 4.69) is 26.0 Å². The molecular formula is C26H43NO4. The van der Waals surface area contributed by atoms with Crippen molar-refractivity contribution in [1.82, 2.24) is 4.90 Å². The predicted molar refractivity (Wildman–Crippen MR) is 123 cm³/mol. The molecule has 1 saturated heterocycles. The molecule has 3 rings (SSSR count). The number of hydrogen-bond donors (Lipinski definition) is 2. The molecule has 1 amide bonds. The summed E-state index contributed by atoms with van der Waals surface area (Å²) in [5.41, 5.74) is 1.45. The highest BCUT2D eigenvalue weighted by Crippen LogP contribution is 2.48. The van der Waals surface area contributed by atoms with Crippen LogP contribution in [-0.4, -0.2) is 59.5 Å². The van der Waals surface area contributed by atoms with E-state index in [1.54, 1.807) is 0 Å². The van der Waals surface area contributed by atoms with Crippen molar-refractivity contribution in [3.8, 4) is 0 Å². The molecule has 0 spiro atoms. The molecule has 0 aromatic heterocycles. The van der Waals surface area contributed by atoms with Gasteiger partial charge in [-0.25, -0.2) is 0 Å². The van der Waals surface area contributed by atoms with E-state index in [1.807, 2.05) is 11.0 Å². The summed E-state index contributed by atoms with van der Waals surface area (Å²) in [6.45, 7) is 7.17. The zero-order chi connectivity index (χ0) is 22.2. The van der Waals surface area contributed by atoms with Gasteiger partial charge in [0, 0.05) is 25.4 Å². The van der Waals surface area contributed by atoms with Gasteiger partial charge in [-0.15, -0.1) is 0 Å². The Morgan fingerprint density at radius 2 is 2.10 bits per heavy atom. The number of carbonyl (C=O) groups is 1. The van der Waals surface area contributed by atoms with E-state index >= 15 is 0 Å². The van der Waals surface area contributed by atoms with Crippen LogP contribution in [0.25, 0.3) is 0 Å². The summed E-state index contributed by atoms with van der Waals surface area (Å²) in [7, 11) is 0. The van der Waals surface area contributed by atoms with Crippen LogP contribution in [0.2, 0.25) is 0 Å². The predicted octanol–water partition coefficient (Wildman–Crippen LogP) is 4.09. The fraction of sp³-hybridized carbons (Fsp3) is 0.808. The fourth-order valence-electron chi connectivity index (χ4n) is 5.65. The minimum absolute atomic E-state index is 0.134. The summed E-state index contributed by atoms with van der Waals surface area (Å²) in [5, 5.41) is 21.0. The Kier molecular flexibility index (Phi) is 9.61. The van der Waals surface area contributed by atoms with E-state index < -0.39 is 6.10 Å². The van der Waals surface area contributed by atoms with Gasteiger partial charge < -0.3 is 19.8 Å². The first-order valence-electron chi connectivity index (χ1n) is 12.6. The lowest BCUT2D eigenvalue weighted by Crippen LogP contribution is -2.40. The van der Waals surface area contributed by atoms with Crippen molar-refractivity contribution in [2.45, 2.75) is 83.8 Å². The Labute approximate surface area is 188 Å². The molecule has 2 N–H and O–H groups in total. The molecule has 176 valence electrons. The van der Waals surface area contributed by atoms with Crippen LogP contribution in [0.4, 0.5) is 0 Å². The lowest BCUT2D eigenvalue weighted by molar-refractivity contribution is -0.135. The number of ether oxygens (including phenoxy) is 1. The van der Waals surface area contributed by atoms with Gasteiger partial charge in [-0.3, -0.25) is 4.79 Å². The van der Waals surface area contributed by atoms with Crippen LogP contribution in [0.15, 0.2) is 23.8 Å². The number of allylic oxidation sites excluding steroid dienone is 2. The number of unbranched alkanes of at least 4 members (excludes halogenated alkanes) is 1. The highest BCUT2D eigenvalue weighted by atomic mass is 16.5. The average Bonchev–Trinajstić information content (AvgIpc) is 3.27. The zero-order valence-electron chi connectivity index (χ0n) is 19.5. The summed E-state index contributed by atoms with van der Waals surface area (Å²) in [6, 6.07) is 0. The van der Waals surface area contributed by atoms with Crippen LogP contribution in [0.3, 0.4) is 0 Å². The maximum absolute atomic E-state index is 12.3. The molecule has 0 unspecified atom stereocenters. The Balaban J connectivity index is 1.41. The van der Waals surface area contributed by atoms with Gasteiger partial charge in [0.15, 0.2) is 0 Å². The minimum atomic E-state index is -0.418. The topological polar surface area (TPSA) is 70.0 Å². The second-order valence-corrected chi connectivity index (χ2v) is 10.0. The van der Waals surface area contributed by atoms with Crippen molar-refractivity contribution in [2.24, 2.45) is 23.7 Å². The van der Waals surface area contributed by atoms with Crippen LogP contribution in [0, 0.1) is 23.7 Å². The van der Waals surface area contributed by atoms with Gasteiger partial charge >= 0.3 is 0 Å². The van der Waals surface area contributed by atoms with Gasteiger partial charge in [0.2, 0.25) is 5.91 Å². The number of nitrogens with zero attached hydrogens (tertiary/aromatic N) is 1. The Bertz CT molecular complexity index is 625. The summed E-state index contributed by atoms with van der Waals surface area (Å²) in [4.78, 5) is 14.3. The maximum Gasteiger partial charge on any atom is 0.222 e. The van der Waals surface area contributed by atoms with Crippen LogP contribution in [0.1, 0.15) is 71.6 Å². The average molecular weight is 434 g/mol. The number of amides is 1. The molecule has 2 fully saturated rings. The van der Waals surface area contributed by atoms with E-state index in [0.29, 0.717) is 37.4 Å². The second kappa shape index (κ2) is 12.2. The largest absolute Gasteiger partial charge is 0.392 e. The fourth-order valence-corrected chi connectivity index (χ4v) is 5.65. The summed E-state index contributed by atoms with van der Waals surface area (Å²) < 4.78 is 5.32. The number of aliphatic hydroxyl groups is 2. The van der Waals surface area contributed by atoms with Crippen molar-refractivity contribution in [2.75, 3.05) is 26.3 Å². The monoisotopic (exact) mass is 433 g/mol. The normalized spacial score (nSPS) is 30.5. The highest BCUT2D eigenvalue weighted by Gasteiger charge is 2.43. The first kappa shape index (κ1) is 24.5. The zero-order valence-corrected chi connectivity index (χ0v) is 19.5. The van der Waals surface area contributed by atoms with Crippen molar-refractivity contribution >= 4 is 5.91 Å². The van der Waals surface area contributed by atoms with Crippen molar-refractivity contribution in [3.05, 3.63) is 23.8 Å². The summed E-state index contributed by atoms with van der Waals surface area (Å²) in [5.74, 6) is 1.80. The Hall–Kier alpha value is -1.17. The Morgan fingerprint density at radius 3 is 2.84 bits per heavy atom. The molecular weight excluding hydrogens is 390 g/mol. The van der Waals surface area contributed by atoms with Crippen LogP contribution >= 0.6 is 0 Å². The lowest BCUT2D eigenvalue weighted by Gasteiger charge is -2.26. The van der Waals surface area contributed by atoms with E-state index in [9.17, 15) is 15.0 Å². The SMILES string of the molecule is CCCC[C@H](C)C[C@H](O)C=C[C@@H]1[C@H]2CC(CCCC(=O)N3CCOCC3)=C[C@H]2C[C@H]1O. The molecule has 2 aliphatic carbocycles. The molecule has 5 heteroatoms. The van der Waals surface area contributed by atoms with Gasteiger partial charge in [-0.1, -0.05) is 56.9 Å². The van der Waals surface area contributed by atoms with E-state index in [1.165, 1.54) is 24.8 Å². The first-order valence-corrected chi connectivity index (χ1v) is 12.6. The van der Waals surface area contributed by atoms with Crippen molar-refractivity contribution in [1.29, 1.82) is 0 Å². The van der Waals surface area contributed by atoms with Gasteiger partial charge in [0.25, 0.3) is 0 Å². The number of hydrogen-bond acceptors (Lipinski definition) is 4. The van der Waals surface area contributed by atoms with Crippen molar-refractivity contribution in [3.63, 3.8) is 0 Å². The van der Waals surface area contributed by atoms with E-state index in [4.69, 9.17) is 4.74 Å². The second-order valence-electron chi connectivity index (χ2n) is 10.0. The quantitative estimate of drug-likeness (QED) is 0.482. The van der Waals surface area contributed by atoms with Gasteiger partial charge in [-0.05, 0) is 49.9 Å². The number of morpholine rings is 1. The molecule has 0 aromatic rings. The molecule has 0 radical (unpaired) electrons. The number of aliphatic hydroxyl groups excluding tert-OH is 2. The maximum atomic E-state index is 12.3. The number of carbonyl (C=O) groups excluding carboxylic acids is 1. The number of rotatable bonds is 11. The highest BCUT2D eigenvalue weighted by molar-refractivity contribution is 5.76. The van der Waals surface area contributed by atoms with Crippen molar-refractivity contribution < 1.29 is 19.7 Å². The standard InChI is InChI=1S/C26H43NO4/c1-3-4-6-19(2)15-22(28)9-10-23-24-17-20(16-21(24)18-25(23)29)7-5-8-26(30)27-11-13-31-14-12-27/h9-10,16,19,21-25,28-29H,3-8,11-15,17-18H2,1-2H3/t19-,21-,22+,23+,24-,25+/m0/s1. The van der Waals surface area contributed by atoms with E-state index in [-0.39, 0.29) is 17.9 Å². The first-order chi connectivity index (χ1) is 15.0. The van der Waals surface area contributed by atoms with Crippen LogP contribution in [-0.2, 0) is 9.53 Å². The van der Waals surface area contributed by atoms with Gasteiger partial charge in [0.1, 0.15) is 0 Å². The molecule has 0 aromatic carbocycles. The van der Waals surface area contributed by atoms with Gasteiger partial charge in [-0.2, -0.15) is 0 Å². The van der Waals surface area contributed by atoms with E-state index in [0.717, 1.165) is 45.2 Å². The molecule has 1 aliphatic heterocycles. The lowest BCUT2D eigenvalue weighted by atomic mass is 9.88. The smallest absolute Gasteiger partial charge is 0.222 e. The minimum Gasteiger partial charge on any atom is -0.392 e. The molecule has 1 saturated carbocycles. The third kappa shape index (κ3) is 7.16. The molecule has 31 heavy (non-hydrogen) atoms.